The highest BCUT2D eigenvalue weighted by molar-refractivity contribution is 6.18. The number of morpholine rings is 1. The molecule has 1 aromatic rings. The fourth-order valence-corrected chi connectivity index (χ4v) is 2.90. The first-order valence-corrected chi connectivity index (χ1v) is 7.00. The van der Waals surface area contributed by atoms with Crippen LogP contribution in [0.2, 0.25) is 0 Å². The van der Waals surface area contributed by atoms with Gasteiger partial charge in [0.1, 0.15) is 18.3 Å². The van der Waals surface area contributed by atoms with Crippen molar-refractivity contribution >= 4 is 17.5 Å². The molecule has 2 heterocycles. The third-order valence-electron chi connectivity index (χ3n) is 3.69. The number of nitrogens with zero attached hydrogens (tertiary/aromatic N) is 1. The average molecular weight is 282 g/mol. The molecular weight excluding hydrogens is 266 g/mol. The summed E-state index contributed by atoms with van der Waals surface area (Å²) < 4.78 is 11.0. The van der Waals surface area contributed by atoms with E-state index in [1.165, 1.54) is 0 Å². The summed E-state index contributed by atoms with van der Waals surface area (Å²) in [5, 5.41) is 0. The SMILES string of the molecule is O=C(C1COc2ccccc21)N1CCOCC1CCl. The quantitative estimate of drug-likeness (QED) is 0.774. The van der Waals surface area contributed by atoms with Gasteiger partial charge in [0, 0.05) is 18.0 Å². The van der Waals surface area contributed by atoms with E-state index in [2.05, 4.69) is 0 Å². The van der Waals surface area contributed by atoms with Crippen LogP contribution < -0.4 is 4.74 Å². The summed E-state index contributed by atoms with van der Waals surface area (Å²) in [7, 11) is 0. The van der Waals surface area contributed by atoms with Crippen LogP contribution in [0.5, 0.6) is 5.75 Å². The topological polar surface area (TPSA) is 38.8 Å². The number of alkyl halides is 1. The molecular formula is C14H16ClNO3. The molecule has 0 saturated carbocycles. The van der Waals surface area contributed by atoms with Crippen molar-refractivity contribution in [3.63, 3.8) is 0 Å². The predicted octanol–water partition coefficient (Wildman–Crippen LogP) is 1.63. The number of carbonyl (C=O) groups is 1. The second-order valence-corrected chi connectivity index (χ2v) is 5.12. The summed E-state index contributed by atoms with van der Waals surface area (Å²) in [6.07, 6.45) is 0. The minimum atomic E-state index is -0.208. The van der Waals surface area contributed by atoms with Gasteiger partial charge < -0.3 is 14.4 Å². The van der Waals surface area contributed by atoms with Crippen molar-refractivity contribution in [3.8, 4) is 5.75 Å². The van der Waals surface area contributed by atoms with Gasteiger partial charge in [-0.2, -0.15) is 0 Å². The van der Waals surface area contributed by atoms with Gasteiger partial charge in [0.15, 0.2) is 0 Å². The van der Waals surface area contributed by atoms with Crippen molar-refractivity contribution in [2.75, 3.05) is 32.2 Å². The van der Waals surface area contributed by atoms with Crippen molar-refractivity contribution < 1.29 is 14.3 Å². The summed E-state index contributed by atoms with van der Waals surface area (Å²) in [6, 6.07) is 7.69. The molecule has 2 unspecified atom stereocenters. The highest BCUT2D eigenvalue weighted by Gasteiger charge is 2.36. The van der Waals surface area contributed by atoms with Crippen molar-refractivity contribution in [3.05, 3.63) is 29.8 Å². The monoisotopic (exact) mass is 281 g/mol. The van der Waals surface area contributed by atoms with Crippen LogP contribution in [0.3, 0.4) is 0 Å². The summed E-state index contributed by atoms with van der Waals surface area (Å²) in [5.41, 5.74) is 0.979. The zero-order valence-electron chi connectivity index (χ0n) is 10.5. The summed E-state index contributed by atoms with van der Waals surface area (Å²) in [4.78, 5) is 14.5. The van der Waals surface area contributed by atoms with Crippen LogP contribution in [0, 0.1) is 0 Å². The number of halogens is 1. The molecule has 0 radical (unpaired) electrons. The van der Waals surface area contributed by atoms with E-state index in [1.807, 2.05) is 29.2 Å². The Hall–Kier alpha value is -1.26. The van der Waals surface area contributed by atoms with Crippen molar-refractivity contribution in [1.29, 1.82) is 0 Å². The van der Waals surface area contributed by atoms with E-state index in [9.17, 15) is 4.79 Å². The van der Waals surface area contributed by atoms with E-state index in [-0.39, 0.29) is 17.9 Å². The van der Waals surface area contributed by atoms with Gasteiger partial charge in [-0.25, -0.2) is 0 Å². The van der Waals surface area contributed by atoms with Gasteiger partial charge in [0.05, 0.1) is 19.3 Å². The highest BCUT2D eigenvalue weighted by atomic mass is 35.5. The molecule has 4 nitrogen and oxygen atoms in total. The number of benzene rings is 1. The van der Waals surface area contributed by atoms with E-state index in [0.717, 1.165) is 11.3 Å². The Morgan fingerprint density at radius 2 is 2.21 bits per heavy atom. The lowest BCUT2D eigenvalue weighted by molar-refractivity contribution is -0.140. The second kappa shape index (κ2) is 5.39. The van der Waals surface area contributed by atoms with Crippen LogP contribution in [0.15, 0.2) is 24.3 Å². The maximum atomic E-state index is 12.7. The molecule has 2 aliphatic rings. The van der Waals surface area contributed by atoms with Crippen molar-refractivity contribution in [2.45, 2.75) is 12.0 Å². The van der Waals surface area contributed by atoms with Crippen molar-refractivity contribution in [1.82, 2.24) is 4.90 Å². The number of carbonyl (C=O) groups excluding carboxylic acids is 1. The molecule has 0 aliphatic carbocycles. The Bertz CT molecular complexity index is 480. The first-order valence-electron chi connectivity index (χ1n) is 6.47. The first kappa shape index (κ1) is 12.8. The van der Waals surface area contributed by atoms with Crippen LogP contribution in [-0.4, -0.2) is 49.1 Å². The standard InChI is InChI=1S/C14H16ClNO3/c15-7-10-8-18-6-5-16(10)14(17)12-9-19-13-4-2-1-3-11(12)13/h1-4,10,12H,5-9H2. The number of ether oxygens (including phenoxy) is 2. The largest absolute Gasteiger partial charge is 0.492 e. The van der Waals surface area contributed by atoms with Gasteiger partial charge in [-0.15, -0.1) is 11.6 Å². The van der Waals surface area contributed by atoms with E-state index in [4.69, 9.17) is 21.1 Å². The van der Waals surface area contributed by atoms with Gasteiger partial charge in [-0.3, -0.25) is 4.79 Å². The molecule has 1 fully saturated rings. The van der Waals surface area contributed by atoms with Crippen LogP contribution in [0.25, 0.3) is 0 Å². The number of fused-ring (bicyclic) bond motifs is 1. The normalized spacial score (nSPS) is 25.8. The van der Waals surface area contributed by atoms with Gasteiger partial charge >= 0.3 is 0 Å². The molecule has 0 aromatic heterocycles. The van der Waals surface area contributed by atoms with E-state index in [1.54, 1.807) is 0 Å². The van der Waals surface area contributed by atoms with E-state index >= 15 is 0 Å². The molecule has 102 valence electrons. The molecule has 3 rings (SSSR count). The van der Waals surface area contributed by atoms with E-state index in [0.29, 0.717) is 32.2 Å². The molecule has 1 amide bonds. The maximum absolute atomic E-state index is 12.7. The zero-order valence-corrected chi connectivity index (χ0v) is 11.3. The molecule has 5 heteroatoms. The van der Waals surface area contributed by atoms with Crippen molar-refractivity contribution in [2.24, 2.45) is 0 Å². The molecule has 2 aliphatic heterocycles. The molecule has 2 atom stereocenters. The maximum Gasteiger partial charge on any atom is 0.234 e. The lowest BCUT2D eigenvalue weighted by atomic mass is 9.99. The lowest BCUT2D eigenvalue weighted by Gasteiger charge is -2.35. The summed E-state index contributed by atoms with van der Waals surface area (Å²) in [6.45, 7) is 2.12. The van der Waals surface area contributed by atoms with E-state index < -0.39 is 0 Å². The van der Waals surface area contributed by atoms with Gasteiger partial charge in [-0.1, -0.05) is 18.2 Å². The molecule has 0 N–H and O–H groups in total. The Balaban J connectivity index is 1.81. The number of amides is 1. The number of rotatable bonds is 2. The predicted molar refractivity (Wildman–Crippen MR) is 71.7 cm³/mol. The molecule has 19 heavy (non-hydrogen) atoms. The molecule has 0 bridgehead atoms. The zero-order chi connectivity index (χ0) is 13.2. The Kier molecular flexibility index (Phi) is 3.62. The average Bonchev–Trinajstić information content (AvgIpc) is 2.90. The Morgan fingerprint density at radius 1 is 1.37 bits per heavy atom. The summed E-state index contributed by atoms with van der Waals surface area (Å²) in [5.74, 6) is 1.11. The molecule has 1 saturated heterocycles. The molecule has 1 aromatic carbocycles. The third kappa shape index (κ3) is 2.30. The fourth-order valence-electron chi connectivity index (χ4n) is 2.64. The highest BCUT2D eigenvalue weighted by Crippen LogP contribution is 2.35. The third-order valence-corrected chi connectivity index (χ3v) is 4.04. The smallest absolute Gasteiger partial charge is 0.234 e. The second-order valence-electron chi connectivity index (χ2n) is 4.82. The van der Waals surface area contributed by atoms with Crippen LogP contribution >= 0.6 is 11.6 Å². The minimum absolute atomic E-state index is 0.0318. The minimum Gasteiger partial charge on any atom is -0.492 e. The fraction of sp³-hybridized carbons (Fsp3) is 0.500. The molecule has 0 spiro atoms. The lowest BCUT2D eigenvalue weighted by Crippen LogP contribution is -2.51. The van der Waals surface area contributed by atoms with Gasteiger partial charge in [0.2, 0.25) is 5.91 Å². The van der Waals surface area contributed by atoms with Gasteiger partial charge in [-0.05, 0) is 6.07 Å². The number of hydrogen-bond donors (Lipinski definition) is 0. The van der Waals surface area contributed by atoms with Crippen LogP contribution in [0.1, 0.15) is 11.5 Å². The first-order chi connectivity index (χ1) is 9.31. The number of hydrogen-bond acceptors (Lipinski definition) is 3. The number of para-hydroxylation sites is 1. The Morgan fingerprint density at radius 3 is 3.05 bits per heavy atom. The van der Waals surface area contributed by atoms with Gasteiger partial charge in [0.25, 0.3) is 0 Å². The van der Waals surface area contributed by atoms with Crippen LogP contribution in [0.4, 0.5) is 0 Å². The Labute approximate surface area is 117 Å². The van der Waals surface area contributed by atoms with Crippen LogP contribution in [-0.2, 0) is 9.53 Å². The summed E-state index contributed by atoms with van der Waals surface area (Å²) >= 11 is 5.92.